The van der Waals surface area contributed by atoms with E-state index >= 15 is 0 Å². The van der Waals surface area contributed by atoms with Gasteiger partial charge in [0, 0.05) is 11.1 Å². The van der Waals surface area contributed by atoms with Crippen molar-refractivity contribution in [3.8, 4) is 16.9 Å². The summed E-state index contributed by atoms with van der Waals surface area (Å²) in [6.45, 7) is 9.31. The van der Waals surface area contributed by atoms with Crippen LogP contribution in [0.25, 0.3) is 11.1 Å². The Morgan fingerprint density at radius 1 is 0.778 bits per heavy atom. The molecule has 1 heterocycles. The Kier molecular flexibility index (Phi) is 2.44. The van der Waals surface area contributed by atoms with E-state index in [1.54, 1.807) is 0 Å². The molecule has 0 aromatic heterocycles. The molecule has 0 N–H and O–H groups in total. The highest BCUT2D eigenvalue weighted by Gasteiger charge is 2.21. The van der Waals surface area contributed by atoms with Gasteiger partial charge < -0.3 is 4.74 Å². The molecule has 18 heavy (non-hydrogen) atoms. The van der Waals surface area contributed by atoms with Crippen molar-refractivity contribution in [3.63, 3.8) is 0 Å². The molecule has 0 fully saturated rings. The van der Waals surface area contributed by atoms with Gasteiger partial charge in [0.2, 0.25) is 0 Å². The van der Waals surface area contributed by atoms with Crippen LogP contribution in [0, 0.1) is 27.7 Å². The SMILES string of the molecule is Cc1ccc2c(c1C)COc1c-2ccc(C)c1C. The van der Waals surface area contributed by atoms with Crippen molar-refractivity contribution in [2.75, 3.05) is 0 Å². The third kappa shape index (κ3) is 1.47. The number of hydrogen-bond donors (Lipinski definition) is 0. The maximum absolute atomic E-state index is 6.00. The van der Waals surface area contributed by atoms with Crippen molar-refractivity contribution in [3.05, 3.63) is 52.1 Å². The van der Waals surface area contributed by atoms with Crippen LogP contribution >= 0.6 is 0 Å². The van der Waals surface area contributed by atoms with E-state index in [-0.39, 0.29) is 0 Å². The van der Waals surface area contributed by atoms with Gasteiger partial charge in [0.05, 0.1) is 0 Å². The summed E-state index contributed by atoms with van der Waals surface area (Å²) in [5, 5.41) is 0. The number of rotatable bonds is 0. The molecule has 1 aliphatic heterocycles. The minimum absolute atomic E-state index is 0.695. The molecule has 1 heteroatoms. The molecule has 0 spiro atoms. The minimum atomic E-state index is 0.695. The van der Waals surface area contributed by atoms with Crippen LogP contribution < -0.4 is 4.74 Å². The average molecular weight is 238 g/mol. The van der Waals surface area contributed by atoms with Crippen LogP contribution in [0.3, 0.4) is 0 Å². The average Bonchev–Trinajstić information content (AvgIpc) is 2.38. The minimum Gasteiger partial charge on any atom is -0.488 e. The van der Waals surface area contributed by atoms with Crippen molar-refractivity contribution >= 4 is 0 Å². The maximum Gasteiger partial charge on any atom is 0.130 e. The van der Waals surface area contributed by atoms with Crippen LogP contribution in [0.4, 0.5) is 0 Å². The molecule has 1 nitrogen and oxygen atoms in total. The first kappa shape index (κ1) is 11.3. The quantitative estimate of drug-likeness (QED) is 0.657. The molecule has 0 saturated heterocycles. The van der Waals surface area contributed by atoms with E-state index in [9.17, 15) is 0 Å². The Hall–Kier alpha value is -1.76. The van der Waals surface area contributed by atoms with E-state index in [1.807, 2.05) is 0 Å². The van der Waals surface area contributed by atoms with Crippen LogP contribution in [0.1, 0.15) is 27.8 Å². The molecule has 0 unspecified atom stereocenters. The number of hydrogen-bond acceptors (Lipinski definition) is 1. The van der Waals surface area contributed by atoms with Gasteiger partial charge in [-0.3, -0.25) is 0 Å². The van der Waals surface area contributed by atoms with Crippen molar-refractivity contribution in [1.82, 2.24) is 0 Å². The van der Waals surface area contributed by atoms with E-state index in [4.69, 9.17) is 4.74 Å². The van der Waals surface area contributed by atoms with Crippen LogP contribution in [-0.4, -0.2) is 0 Å². The third-order valence-electron chi connectivity index (χ3n) is 4.20. The molecule has 0 radical (unpaired) electrons. The van der Waals surface area contributed by atoms with Gasteiger partial charge in [0.15, 0.2) is 0 Å². The van der Waals surface area contributed by atoms with E-state index in [2.05, 4.69) is 52.0 Å². The first-order chi connectivity index (χ1) is 8.59. The lowest BCUT2D eigenvalue weighted by Gasteiger charge is -2.25. The first-order valence-corrected chi connectivity index (χ1v) is 6.42. The van der Waals surface area contributed by atoms with E-state index in [0.29, 0.717) is 6.61 Å². The molecule has 3 rings (SSSR count). The van der Waals surface area contributed by atoms with Crippen LogP contribution in [0.5, 0.6) is 5.75 Å². The van der Waals surface area contributed by atoms with Gasteiger partial charge in [-0.15, -0.1) is 0 Å². The molecule has 0 amide bonds. The van der Waals surface area contributed by atoms with E-state index in [1.165, 1.54) is 38.9 Å². The van der Waals surface area contributed by atoms with Crippen molar-refractivity contribution in [2.24, 2.45) is 0 Å². The summed E-state index contributed by atoms with van der Waals surface area (Å²) in [6.07, 6.45) is 0. The van der Waals surface area contributed by atoms with E-state index in [0.717, 1.165) is 5.75 Å². The topological polar surface area (TPSA) is 9.23 Å². The fourth-order valence-corrected chi connectivity index (χ4v) is 2.64. The first-order valence-electron chi connectivity index (χ1n) is 6.42. The van der Waals surface area contributed by atoms with Gasteiger partial charge in [-0.2, -0.15) is 0 Å². The van der Waals surface area contributed by atoms with Crippen molar-refractivity contribution in [2.45, 2.75) is 34.3 Å². The molecular formula is C17H18O. The smallest absolute Gasteiger partial charge is 0.130 e. The fourth-order valence-electron chi connectivity index (χ4n) is 2.64. The second kappa shape index (κ2) is 3.88. The molecule has 0 aliphatic carbocycles. The van der Waals surface area contributed by atoms with Gasteiger partial charge in [-0.1, -0.05) is 24.3 Å². The Labute approximate surface area is 108 Å². The highest BCUT2D eigenvalue weighted by Crippen LogP contribution is 2.41. The second-order valence-electron chi connectivity index (χ2n) is 5.21. The van der Waals surface area contributed by atoms with Crippen molar-refractivity contribution in [1.29, 1.82) is 0 Å². The van der Waals surface area contributed by atoms with Gasteiger partial charge in [-0.05, 0) is 55.5 Å². The summed E-state index contributed by atoms with van der Waals surface area (Å²) < 4.78 is 6.00. The van der Waals surface area contributed by atoms with Crippen LogP contribution in [0.2, 0.25) is 0 Å². The molecule has 0 bridgehead atoms. The lowest BCUT2D eigenvalue weighted by atomic mass is 9.89. The highest BCUT2D eigenvalue weighted by atomic mass is 16.5. The molecule has 2 aromatic carbocycles. The summed E-state index contributed by atoms with van der Waals surface area (Å²) >= 11 is 0. The third-order valence-corrected chi connectivity index (χ3v) is 4.20. The molecule has 0 atom stereocenters. The number of aryl methyl sites for hydroxylation is 2. The molecule has 0 saturated carbocycles. The lowest BCUT2D eigenvalue weighted by Crippen LogP contribution is -2.09. The summed E-state index contributed by atoms with van der Waals surface area (Å²) in [5.41, 5.74) is 9.16. The zero-order valence-corrected chi connectivity index (χ0v) is 11.4. The second-order valence-corrected chi connectivity index (χ2v) is 5.21. The predicted molar refractivity (Wildman–Crippen MR) is 75.2 cm³/mol. The summed E-state index contributed by atoms with van der Waals surface area (Å²) in [4.78, 5) is 0. The molecule has 1 aliphatic rings. The fraction of sp³-hybridized carbons (Fsp3) is 0.294. The predicted octanol–water partition coefficient (Wildman–Crippen LogP) is 4.48. The zero-order valence-electron chi connectivity index (χ0n) is 11.4. The number of fused-ring (bicyclic) bond motifs is 3. The lowest BCUT2D eigenvalue weighted by molar-refractivity contribution is 0.299. The Morgan fingerprint density at radius 3 is 2.11 bits per heavy atom. The summed E-state index contributed by atoms with van der Waals surface area (Å²) in [7, 11) is 0. The van der Waals surface area contributed by atoms with Gasteiger partial charge >= 0.3 is 0 Å². The Morgan fingerprint density at radius 2 is 1.39 bits per heavy atom. The van der Waals surface area contributed by atoms with Gasteiger partial charge in [0.1, 0.15) is 12.4 Å². The Bertz CT molecular complexity index is 581. The molecule has 2 aromatic rings. The number of benzene rings is 2. The van der Waals surface area contributed by atoms with Crippen LogP contribution in [0.15, 0.2) is 24.3 Å². The Balaban J connectivity index is 2.31. The van der Waals surface area contributed by atoms with Crippen LogP contribution in [-0.2, 0) is 6.61 Å². The van der Waals surface area contributed by atoms with Gasteiger partial charge in [0.25, 0.3) is 0 Å². The largest absolute Gasteiger partial charge is 0.488 e. The summed E-state index contributed by atoms with van der Waals surface area (Å²) in [6, 6.07) is 8.80. The van der Waals surface area contributed by atoms with E-state index < -0.39 is 0 Å². The highest BCUT2D eigenvalue weighted by molar-refractivity contribution is 5.78. The zero-order chi connectivity index (χ0) is 12.9. The monoisotopic (exact) mass is 238 g/mol. The molecule has 92 valence electrons. The standard InChI is InChI=1S/C17H18O/c1-10-5-7-14-15-8-6-11(2)13(4)17(15)18-9-16(14)12(10)3/h5-8H,9H2,1-4H3. The van der Waals surface area contributed by atoms with Crippen molar-refractivity contribution < 1.29 is 4.74 Å². The number of ether oxygens (including phenoxy) is 1. The normalized spacial score (nSPS) is 12.7. The maximum atomic E-state index is 6.00. The summed E-state index contributed by atoms with van der Waals surface area (Å²) in [5.74, 6) is 1.06. The molecular weight excluding hydrogens is 220 g/mol. The van der Waals surface area contributed by atoms with Gasteiger partial charge in [-0.25, -0.2) is 0 Å².